The smallest absolute Gasteiger partial charge is 0.334 e. The van der Waals surface area contributed by atoms with E-state index in [0.717, 1.165) is 36.8 Å². The van der Waals surface area contributed by atoms with Crippen LogP contribution >= 0.6 is 0 Å². The Hall–Kier alpha value is -1.57. The van der Waals surface area contributed by atoms with E-state index in [9.17, 15) is 4.79 Å². The van der Waals surface area contributed by atoms with Crippen LogP contribution in [0, 0.1) is 0 Å². The number of carbonyl (C=O) groups is 1. The van der Waals surface area contributed by atoms with E-state index in [1.807, 2.05) is 36.4 Å². The number of cyclic esters (lactones) is 1. The standard InChI is InChI=1S/C14H16O2/c15-14-13(9-5-2-6-10-16-14)11-12-7-3-1-4-8-12/h1,3-4,7-8,11H,2,5-6,9-10H2. The SMILES string of the molecule is O=C1OCCCCCC1=Cc1ccccc1. The summed E-state index contributed by atoms with van der Waals surface area (Å²) < 4.78 is 5.16. The molecule has 0 saturated carbocycles. The van der Waals surface area contributed by atoms with Gasteiger partial charge < -0.3 is 4.74 Å². The maximum absolute atomic E-state index is 11.7. The van der Waals surface area contributed by atoms with Gasteiger partial charge in [0.1, 0.15) is 0 Å². The highest BCUT2D eigenvalue weighted by Gasteiger charge is 2.13. The van der Waals surface area contributed by atoms with Crippen molar-refractivity contribution in [1.82, 2.24) is 0 Å². The first-order chi connectivity index (χ1) is 7.86. The summed E-state index contributed by atoms with van der Waals surface area (Å²) in [5.41, 5.74) is 1.86. The Kier molecular flexibility index (Phi) is 3.76. The Morgan fingerprint density at radius 2 is 1.88 bits per heavy atom. The minimum atomic E-state index is -0.149. The topological polar surface area (TPSA) is 26.3 Å². The van der Waals surface area contributed by atoms with Crippen LogP contribution in [0.15, 0.2) is 35.9 Å². The molecule has 1 fully saturated rings. The van der Waals surface area contributed by atoms with E-state index >= 15 is 0 Å². The van der Waals surface area contributed by atoms with Gasteiger partial charge in [-0.3, -0.25) is 0 Å². The molecule has 2 rings (SSSR count). The van der Waals surface area contributed by atoms with Gasteiger partial charge in [-0.25, -0.2) is 4.79 Å². The van der Waals surface area contributed by atoms with Crippen molar-refractivity contribution in [2.75, 3.05) is 6.61 Å². The number of esters is 1. The van der Waals surface area contributed by atoms with Crippen LogP contribution in [-0.2, 0) is 9.53 Å². The van der Waals surface area contributed by atoms with Crippen LogP contribution in [0.25, 0.3) is 6.08 Å². The molecule has 1 aliphatic heterocycles. The van der Waals surface area contributed by atoms with Gasteiger partial charge in [0.2, 0.25) is 0 Å². The van der Waals surface area contributed by atoms with Crippen LogP contribution in [-0.4, -0.2) is 12.6 Å². The summed E-state index contributed by atoms with van der Waals surface area (Å²) >= 11 is 0. The predicted octanol–water partition coefficient (Wildman–Crippen LogP) is 3.19. The third-order valence-electron chi connectivity index (χ3n) is 2.73. The van der Waals surface area contributed by atoms with E-state index in [4.69, 9.17) is 4.74 Å². The Labute approximate surface area is 95.9 Å². The zero-order valence-electron chi connectivity index (χ0n) is 9.32. The minimum absolute atomic E-state index is 0.149. The Bertz CT molecular complexity index is 379. The maximum Gasteiger partial charge on any atom is 0.334 e. The predicted molar refractivity (Wildman–Crippen MR) is 63.8 cm³/mol. The first-order valence-electron chi connectivity index (χ1n) is 5.79. The lowest BCUT2D eigenvalue weighted by Crippen LogP contribution is -2.11. The van der Waals surface area contributed by atoms with Gasteiger partial charge in [0, 0.05) is 5.57 Å². The van der Waals surface area contributed by atoms with Crippen molar-refractivity contribution < 1.29 is 9.53 Å². The number of hydrogen-bond acceptors (Lipinski definition) is 2. The van der Waals surface area contributed by atoms with Crippen molar-refractivity contribution in [1.29, 1.82) is 0 Å². The van der Waals surface area contributed by atoms with Crippen molar-refractivity contribution >= 4 is 12.0 Å². The van der Waals surface area contributed by atoms with Gasteiger partial charge in [0.05, 0.1) is 6.61 Å². The molecule has 0 amide bonds. The molecule has 1 aliphatic rings. The first-order valence-corrected chi connectivity index (χ1v) is 5.79. The van der Waals surface area contributed by atoms with Crippen LogP contribution in [0.1, 0.15) is 31.2 Å². The minimum Gasteiger partial charge on any atom is -0.462 e. The average Bonchev–Trinajstić information content (AvgIpc) is 2.30. The van der Waals surface area contributed by atoms with Crippen LogP contribution in [0.5, 0.6) is 0 Å². The van der Waals surface area contributed by atoms with Gasteiger partial charge in [-0.05, 0) is 37.3 Å². The zero-order valence-corrected chi connectivity index (χ0v) is 9.32. The lowest BCUT2D eigenvalue weighted by Gasteiger charge is -2.12. The van der Waals surface area contributed by atoms with Crippen molar-refractivity contribution in [3.8, 4) is 0 Å². The molecule has 1 aromatic rings. The second-order valence-corrected chi connectivity index (χ2v) is 4.03. The Morgan fingerprint density at radius 1 is 1.06 bits per heavy atom. The van der Waals surface area contributed by atoms with E-state index in [0.29, 0.717) is 6.61 Å². The van der Waals surface area contributed by atoms with Crippen LogP contribution in [0.2, 0.25) is 0 Å². The highest BCUT2D eigenvalue weighted by Crippen LogP contribution is 2.17. The third-order valence-corrected chi connectivity index (χ3v) is 2.73. The van der Waals surface area contributed by atoms with E-state index in [1.54, 1.807) is 0 Å². The Morgan fingerprint density at radius 3 is 2.69 bits per heavy atom. The number of rotatable bonds is 1. The van der Waals surface area contributed by atoms with Crippen LogP contribution in [0.4, 0.5) is 0 Å². The highest BCUT2D eigenvalue weighted by molar-refractivity contribution is 5.93. The second-order valence-electron chi connectivity index (χ2n) is 4.03. The average molecular weight is 216 g/mol. The van der Waals surface area contributed by atoms with Crippen molar-refractivity contribution in [2.45, 2.75) is 25.7 Å². The van der Waals surface area contributed by atoms with Gasteiger partial charge in [0.25, 0.3) is 0 Å². The molecule has 0 atom stereocenters. The molecule has 2 nitrogen and oxygen atoms in total. The molecule has 0 radical (unpaired) electrons. The third kappa shape index (κ3) is 2.96. The van der Waals surface area contributed by atoms with Crippen molar-refractivity contribution in [3.05, 3.63) is 41.5 Å². The maximum atomic E-state index is 11.7. The fourth-order valence-electron chi connectivity index (χ4n) is 1.84. The number of hydrogen-bond donors (Lipinski definition) is 0. The Balaban J connectivity index is 2.16. The molecule has 0 bridgehead atoms. The van der Waals surface area contributed by atoms with Crippen molar-refractivity contribution in [3.63, 3.8) is 0 Å². The molecule has 2 heteroatoms. The molecule has 0 unspecified atom stereocenters. The molecule has 1 heterocycles. The van der Waals surface area contributed by atoms with E-state index < -0.39 is 0 Å². The molecular formula is C14H16O2. The number of benzene rings is 1. The first kappa shape index (κ1) is 10.9. The highest BCUT2D eigenvalue weighted by atomic mass is 16.5. The molecule has 1 saturated heterocycles. The second kappa shape index (κ2) is 5.50. The molecule has 0 spiro atoms. The summed E-state index contributed by atoms with van der Waals surface area (Å²) in [7, 11) is 0. The molecule has 0 aliphatic carbocycles. The summed E-state index contributed by atoms with van der Waals surface area (Å²) in [6.07, 6.45) is 5.97. The quantitative estimate of drug-likeness (QED) is 0.532. The van der Waals surface area contributed by atoms with Crippen LogP contribution in [0.3, 0.4) is 0 Å². The number of ether oxygens (including phenoxy) is 1. The van der Waals surface area contributed by atoms with Gasteiger partial charge in [-0.15, -0.1) is 0 Å². The summed E-state index contributed by atoms with van der Waals surface area (Å²) in [6.45, 7) is 0.560. The summed E-state index contributed by atoms with van der Waals surface area (Å²) in [5.74, 6) is -0.149. The summed E-state index contributed by atoms with van der Waals surface area (Å²) in [5, 5.41) is 0. The summed E-state index contributed by atoms with van der Waals surface area (Å²) in [6, 6.07) is 9.91. The van der Waals surface area contributed by atoms with Gasteiger partial charge in [-0.2, -0.15) is 0 Å². The van der Waals surface area contributed by atoms with Crippen molar-refractivity contribution in [2.24, 2.45) is 0 Å². The largest absolute Gasteiger partial charge is 0.462 e. The molecule has 1 aromatic carbocycles. The van der Waals surface area contributed by atoms with Gasteiger partial charge in [-0.1, -0.05) is 30.3 Å². The van der Waals surface area contributed by atoms with E-state index in [2.05, 4.69) is 0 Å². The number of carbonyl (C=O) groups excluding carboxylic acids is 1. The normalized spacial score (nSPS) is 20.0. The molecular weight excluding hydrogens is 200 g/mol. The molecule has 0 N–H and O–H groups in total. The lowest BCUT2D eigenvalue weighted by atomic mass is 10.0. The van der Waals surface area contributed by atoms with Gasteiger partial charge >= 0.3 is 5.97 Å². The van der Waals surface area contributed by atoms with E-state index in [1.165, 1.54) is 0 Å². The monoisotopic (exact) mass is 216 g/mol. The molecule has 84 valence electrons. The van der Waals surface area contributed by atoms with E-state index in [-0.39, 0.29) is 5.97 Å². The molecule has 0 aromatic heterocycles. The molecule has 16 heavy (non-hydrogen) atoms. The summed E-state index contributed by atoms with van der Waals surface area (Å²) in [4.78, 5) is 11.7. The van der Waals surface area contributed by atoms with Gasteiger partial charge in [0.15, 0.2) is 0 Å². The fraction of sp³-hybridized carbons (Fsp3) is 0.357. The lowest BCUT2D eigenvalue weighted by molar-refractivity contribution is -0.139. The van der Waals surface area contributed by atoms with Crippen LogP contribution < -0.4 is 0 Å². The fourth-order valence-corrected chi connectivity index (χ4v) is 1.84. The zero-order chi connectivity index (χ0) is 11.2.